The van der Waals surface area contributed by atoms with Crippen LogP contribution < -0.4 is 5.73 Å². The Balaban J connectivity index is 2.16. The van der Waals surface area contributed by atoms with E-state index >= 15 is 0 Å². The molecular weight excluding hydrogens is 236 g/mol. The molecule has 0 spiro atoms. The van der Waals surface area contributed by atoms with Crippen LogP contribution in [0.25, 0.3) is 0 Å². The fourth-order valence-corrected chi connectivity index (χ4v) is 1.72. The summed E-state index contributed by atoms with van der Waals surface area (Å²) in [4.78, 5) is 0. The largest absolute Gasteiger partial charge is 0.324 e. The minimum absolute atomic E-state index is 0.0585. The average molecular weight is 251 g/mol. The topological polar surface area (TPSA) is 43.8 Å². The van der Waals surface area contributed by atoms with E-state index in [1.165, 1.54) is 12.1 Å². The second-order valence-corrected chi connectivity index (χ2v) is 4.22. The molecule has 1 unspecified atom stereocenters. The Morgan fingerprint density at radius 3 is 2.83 bits per heavy atom. The molecule has 1 aromatic carbocycles. The van der Waals surface area contributed by atoms with Gasteiger partial charge < -0.3 is 5.73 Å². The molecule has 2 rings (SSSR count). The molecule has 2 N–H and O–H groups in total. The van der Waals surface area contributed by atoms with Crippen LogP contribution >= 0.6 is 0 Å². The van der Waals surface area contributed by atoms with Gasteiger partial charge in [0.25, 0.3) is 0 Å². The Bertz CT molecular complexity index is 537. The van der Waals surface area contributed by atoms with E-state index in [4.69, 9.17) is 5.73 Å². The average Bonchev–Trinajstić information content (AvgIpc) is 2.80. The smallest absolute Gasteiger partial charge is 0.131 e. The minimum atomic E-state index is -0.578. The highest BCUT2D eigenvalue weighted by molar-refractivity contribution is 5.19. The summed E-state index contributed by atoms with van der Waals surface area (Å²) >= 11 is 0. The summed E-state index contributed by atoms with van der Waals surface area (Å²) in [6.07, 6.45) is 4.28. The maximum absolute atomic E-state index is 13.5. The molecule has 0 bridgehead atoms. The van der Waals surface area contributed by atoms with Crippen molar-refractivity contribution in [2.75, 3.05) is 0 Å². The summed E-state index contributed by atoms with van der Waals surface area (Å²) in [6, 6.07) is 3.47. The van der Waals surface area contributed by atoms with Gasteiger partial charge in [0, 0.05) is 29.4 Å². The number of hydrogen-bond donors (Lipinski definition) is 1. The van der Waals surface area contributed by atoms with Crippen LogP contribution in [-0.2, 0) is 6.54 Å². The standard InChI is InChI=1S/C13H15F2N3/c1-2-13(16)10-6-17-18(8-10)7-9-3-4-11(14)5-12(9)15/h3-6,8,13H,2,7,16H2,1H3. The van der Waals surface area contributed by atoms with Crippen LogP contribution in [-0.4, -0.2) is 9.78 Å². The highest BCUT2D eigenvalue weighted by atomic mass is 19.1. The third kappa shape index (κ3) is 2.73. The van der Waals surface area contributed by atoms with Crippen LogP contribution in [0.15, 0.2) is 30.6 Å². The Hall–Kier alpha value is -1.75. The third-order valence-corrected chi connectivity index (χ3v) is 2.87. The Labute approximate surface area is 104 Å². The van der Waals surface area contributed by atoms with Crippen LogP contribution in [0, 0.1) is 11.6 Å². The summed E-state index contributed by atoms with van der Waals surface area (Å²) in [7, 11) is 0. The van der Waals surface area contributed by atoms with Gasteiger partial charge in [-0.15, -0.1) is 0 Å². The lowest BCUT2D eigenvalue weighted by Gasteiger charge is -2.05. The zero-order valence-electron chi connectivity index (χ0n) is 10.1. The number of aromatic nitrogens is 2. The van der Waals surface area contributed by atoms with E-state index in [0.717, 1.165) is 18.1 Å². The van der Waals surface area contributed by atoms with Gasteiger partial charge in [0.05, 0.1) is 12.7 Å². The van der Waals surface area contributed by atoms with Crippen molar-refractivity contribution in [2.24, 2.45) is 5.73 Å². The molecule has 0 aliphatic rings. The predicted octanol–water partition coefficient (Wildman–Crippen LogP) is 2.62. The first-order valence-electron chi connectivity index (χ1n) is 5.82. The lowest BCUT2D eigenvalue weighted by atomic mass is 10.1. The van der Waals surface area contributed by atoms with Crippen molar-refractivity contribution in [3.05, 3.63) is 53.4 Å². The van der Waals surface area contributed by atoms with Crippen molar-refractivity contribution in [3.63, 3.8) is 0 Å². The van der Waals surface area contributed by atoms with E-state index in [2.05, 4.69) is 5.10 Å². The number of rotatable bonds is 4. The molecule has 1 heterocycles. The summed E-state index contributed by atoms with van der Waals surface area (Å²) in [5.41, 5.74) is 7.19. The van der Waals surface area contributed by atoms with E-state index in [9.17, 15) is 8.78 Å². The molecule has 2 aromatic rings. The molecule has 0 aliphatic carbocycles. The van der Waals surface area contributed by atoms with Crippen molar-refractivity contribution in [1.82, 2.24) is 9.78 Å². The number of hydrogen-bond acceptors (Lipinski definition) is 2. The Morgan fingerprint density at radius 2 is 2.17 bits per heavy atom. The van der Waals surface area contributed by atoms with E-state index in [0.29, 0.717) is 5.56 Å². The zero-order valence-corrected chi connectivity index (χ0v) is 10.1. The molecule has 0 saturated carbocycles. The molecule has 18 heavy (non-hydrogen) atoms. The van der Waals surface area contributed by atoms with Gasteiger partial charge in [-0.2, -0.15) is 5.10 Å². The minimum Gasteiger partial charge on any atom is -0.324 e. The zero-order chi connectivity index (χ0) is 13.1. The normalized spacial score (nSPS) is 12.7. The molecule has 5 heteroatoms. The van der Waals surface area contributed by atoms with Gasteiger partial charge in [-0.25, -0.2) is 8.78 Å². The molecule has 0 fully saturated rings. The fourth-order valence-electron chi connectivity index (χ4n) is 1.72. The highest BCUT2D eigenvalue weighted by Gasteiger charge is 2.08. The predicted molar refractivity (Wildman–Crippen MR) is 64.9 cm³/mol. The monoisotopic (exact) mass is 251 g/mol. The van der Waals surface area contributed by atoms with Crippen LogP contribution in [0.2, 0.25) is 0 Å². The number of nitrogens with two attached hydrogens (primary N) is 1. The maximum Gasteiger partial charge on any atom is 0.131 e. The van der Waals surface area contributed by atoms with Gasteiger partial charge in [0.2, 0.25) is 0 Å². The molecule has 0 saturated heterocycles. The van der Waals surface area contributed by atoms with Crippen molar-refractivity contribution in [2.45, 2.75) is 25.9 Å². The quantitative estimate of drug-likeness (QED) is 0.907. The van der Waals surface area contributed by atoms with Gasteiger partial charge in [0.1, 0.15) is 11.6 Å². The number of benzene rings is 1. The van der Waals surface area contributed by atoms with E-state index in [1.807, 2.05) is 6.92 Å². The SMILES string of the molecule is CCC(N)c1cnn(Cc2ccc(F)cc2F)c1. The van der Waals surface area contributed by atoms with Crippen molar-refractivity contribution in [3.8, 4) is 0 Å². The molecule has 96 valence electrons. The summed E-state index contributed by atoms with van der Waals surface area (Å²) in [6.45, 7) is 2.25. The molecule has 1 aromatic heterocycles. The molecule has 3 nitrogen and oxygen atoms in total. The van der Waals surface area contributed by atoms with Crippen molar-refractivity contribution >= 4 is 0 Å². The van der Waals surface area contributed by atoms with Crippen LogP contribution in [0.5, 0.6) is 0 Å². The Morgan fingerprint density at radius 1 is 1.39 bits per heavy atom. The Kier molecular flexibility index (Phi) is 3.72. The van der Waals surface area contributed by atoms with Crippen molar-refractivity contribution < 1.29 is 8.78 Å². The van der Waals surface area contributed by atoms with Gasteiger partial charge in [-0.3, -0.25) is 4.68 Å². The molecule has 0 aliphatic heterocycles. The fraction of sp³-hybridized carbons (Fsp3) is 0.308. The second kappa shape index (κ2) is 5.27. The number of halogens is 2. The van der Waals surface area contributed by atoms with Gasteiger partial charge >= 0.3 is 0 Å². The van der Waals surface area contributed by atoms with Crippen molar-refractivity contribution in [1.29, 1.82) is 0 Å². The summed E-state index contributed by atoms with van der Waals surface area (Å²) in [5.74, 6) is -1.14. The number of nitrogens with zero attached hydrogens (tertiary/aromatic N) is 2. The van der Waals surface area contributed by atoms with E-state index < -0.39 is 11.6 Å². The van der Waals surface area contributed by atoms with E-state index in [1.54, 1.807) is 17.1 Å². The molecule has 0 radical (unpaired) electrons. The second-order valence-electron chi connectivity index (χ2n) is 4.22. The first kappa shape index (κ1) is 12.7. The van der Waals surface area contributed by atoms with Crippen LogP contribution in [0.4, 0.5) is 8.78 Å². The first-order valence-corrected chi connectivity index (χ1v) is 5.82. The molecule has 0 amide bonds. The maximum atomic E-state index is 13.5. The van der Waals surface area contributed by atoms with Gasteiger partial charge in [-0.1, -0.05) is 13.0 Å². The van der Waals surface area contributed by atoms with Gasteiger partial charge in [-0.05, 0) is 12.5 Å². The van der Waals surface area contributed by atoms with E-state index in [-0.39, 0.29) is 12.6 Å². The van der Waals surface area contributed by atoms with Crippen LogP contribution in [0.3, 0.4) is 0 Å². The lowest BCUT2D eigenvalue weighted by molar-refractivity contribution is 0.558. The van der Waals surface area contributed by atoms with Crippen LogP contribution in [0.1, 0.15) is 30.5 Å². The summed E-state index contributed by atoms with van der Waals surface area (Å²) in [5, 5.41) is 4.12. The highest BCUT2D eigenvalue weighted by Crippen LogP contribution is 2.14. The first-order chi connectivity index (χ1) is 8.60. The molecule has 1 atom stereocenters. The molecular formula is C13H15F2N3. The summed E-state index contributed by atoms with van der Waals surface area (Å²) < 4.78 is 27.8. The lowest BCUT2D eigenvalue weighted by Crippen LogP contribution is -2.07. The van der Waals surface area contributed by atoms with Gasteiger partial charge in [0.15, 0.2) is 0 Å². The third-order valence-electron chi connectivity index (χ3n) is 2.87.